The van der Waals surface area contributed by atoms with E-state index in [0.29, 0.717) is 5.82 Å². The lowest BCUT2D eigenvalue weighted by atomic mass is 10.0. The molecular formula is C15H15N3OS. The van der Waals surface area contributed by atoms with E-state index >= 15 is 0 Å². The predicted octanol–water partition coefficient (Wildman–Crippen LogP) is 3.41. The van der Waals surface area contributed by atoms with E-state index in [4.69, 9.17) is 10.5 Å². The zero-order chi connectivity index (χ0) is 14.1. The fourth-order valence-corrected chi connectivity index (χ4v) is 3.07. The molecule has 0 unspecified atom stereocenters. The van der Waals surface area contributed by atoms with Gasteiger partial charge in [-0.15, -0.1) is 11.3 Å². The van der Waals surface area contributed by atoms with Crippen molar-refractivity contribution in [3.05, 3.63) is 41.8 Å². The highest BCUT2D eigenvalue weighted by molar-refractivity contribution is 7.14. The van der Waals surface area contributed by atoms with E-state index < -0.39 is 0 Å². The number of rotatable bonds is 3. The molecule has 5 heteroatoms. The molecule has 1 aromatic carbocycles. The van der Waals surface area contributed by atoms with Gasteiger partial charge in [0.2, 0.25) is 0 Å². The number of nitrogen functional groups attached to an aromatic ring is 1. The monoisotopic (exact) mass is 285 g/mol. The molecule has 0 aliphatic rings. The van der Waals surface area contributed by atoms with Crippen LogP contribution in [0.25, 0.3) is 21.7 Å². The Balaban J connectivity index is 2.25. The van der Waals surface area contributed by atoms with Gasteiger partial charge in [-0.2, -0.15) is 5.10 Å². The second-order valence-corrected chi connectivity index (χ2v) is 5.33. The van der Waals surface area contributed by atoms with Crippen LogP contribution in [-0.2, 0) is 7.05 Å². The first-order chi connectivity index (χ1) is 9.72. The average molecular weight is 285 g/mol. The molecule has 0 aliphatic heterocycles. The summed E-state index contributed by atoms with van der Waals surface area (Å²) >= 11 is 1.60. The Morgan fingerprint density at radius 2 is 1.95 bits per heavy atom. The van der Waals surface area contributed by atoms with Gasteiger partial charge in [0.15, 0.2) is 0 Å². The normalized spacial score (nSPS) is 10.7. The van der Waals surface area contributed by atoms with Crippen molar-refractivity contribution in [1.82, 2.24) is 9.78 Å². The number of methoxy groups -OCH3 is 1. The van der Waals surface area contributed by atoms with E-state index in [1.54, 1.807) is 23.1 Å². The number of hydrogen-bond donors (Lipinski definition) is 1. The van der Waals surface area contributed by atoms with Gasteiger partial charge >= 0.3 is 0 Å². The standard InChI is InChI=1S/C15H15N3OS/c1-18-15(16)12(10-6-4-3-5-7-10)13(17-18)14-11(19-2)8-9-20-14/h3-9H,16H2,1-2H3. The fourth-order valence-electron chi connectivity index (χ4n) is 2.22. The van der Waals surface area contributed by atoms with Crippen molar-refractivity contribution < 1.29 is 4.74 Å². The largest absolute Gasteiger partial charge is 0.495 e. The van der Waals surface area contributed by atoms with Gasteiger partial charge in [0, 0.05) is 7.05 Å². The molecule has 0 aliphatic carbocycles. The van der Waals surface area contributed by atoms with Crippen molar-refractivity contribution in [2.24, 2.45) is 7.05 Å². The summed E-state index contributed by atoms with van der Waals surface area (Å²) in [6.07, 6.45) is 0. The topological polar surface area (TPSA) is 53.1 Å². The molecule has 0 spiro atoms. The minimum absolute atomic E-state index is 0.654. The number of hydrogen-bond acceptors (Lipinski definition) is 4. The third-order valence-electron chi connectivity index (χ3n) is 3.22. The Morgan fingerprint density at radius 1 is 1.20 bits per heavy atom. The van der Waals surface area contributed by atoms with Gasteiger partial charge in [-0.25, -0.2) is 0 Å². The summed E-state index contributed by atoms with van der Waals surface area (Å²) in [5.41, 5.74) is 9.07. The highest BCUT2D eigenvalue weighted by Crippen LogP contribution is 2.42. The minimum Gasteiger partial charge on any atom is -0.495 e. The van der Waals surface area contributed by atoms with Gasteiger partial charge in [-0.05, 0) is 17.0 Å². The number of nitrogens with zero attached hydrogens (tertiary/aromatic N) is 2. The molecule has 0 fully saturated rings. The van der Waals surface area contributed by atoms with Crippen LogP contribution in [0.4, 0.5) is 5.82 Å². The van der Waals surface area contributed by atoms with Crippen molar-refractivity contribution >= 4 is 17.2 Å². The van der Waals surface area contributed by atoms with E-state index in [0.717, 1.165) is 27.4 Å². The van der Waals surface area contributed by atoms with Crippen molar-refractivity contribution in [3.63, 3.8) is 0 Å². The first kappa shape index (κ1) is 12.7. The molecule has 0 radical (unpaired) electrons. The summed E-state index contributed by atoms with van der Waals surface area (Å²) in [5, 5.41) is 6.55. The van der Waals surface area contributed by atoms with E-state index in [2.05, 4.69) is 5.10 Å². The fraction of sp³-hybridized carbons (Fsp3) is 0.133. The number of thiophene rings is 1. The maximum atomic E-state index is 6.20. The molecule has 0 saturated carbocycles. The quantitative estimate of drug-likeness (QED) is 0.802. The van der Waals surface area contributed by atoms with Gasteiger partial charge in [0.1, 0.15) is 17.3 Å². The highest BCUT2D eigenvalue weighted by Gasteiger charge is 2.20. The Bertz CT molecular complexity index is 731. The molecular weight excluding hydrogens is 270 g/mol. The molecule has 3 aromatic rings. The first-order valence-corrected chi connectivity index (χ1v) is 7.10. The molecule has 4 nitrogen and oxygen atoms in total. The van der Waals surface area contributed by atoms with Gasteiger partial charge in [-0.1, -0.05) is 30.3 Å². The molecule has 102 valence electrons. The van der Waals surface area contributed by atoms with Crippen LogP contribution in [0.3, 0.4) is 0 Å². The smallest absolute Gasteiger partial charge is 0.139 e. The van der Waals surface area contributed by atoms with Gasteiger partial charge in [-0.3, -0.25) is 4.68 Å². The number of ether oxygens (including phenoxy) is 1. The Morgan fingerprint density at radius 3 is 2.65 bits per heavy atom. The number of aryl methyl sites for hydroxylation is 1. The molecule has 0 atom stereocenters. The van der Waals surface area contributed by atoms with Crippen LogP contribution < -0.4 is 10.5 Å². The summed E-state index contributed by atoms with van der Waals surface area (Å²) in [6, 6.07) is 12.0. The van der Waals surface area contributed by atoms with E-state index in [1.165, 1.54) is 0 Å². The zero-order valence-corrected chi connectivity index (χ0v) is 12.1. The number of anilines is 1. The van der Waals surface area contributed by atoms with Crippen LogP contribution in [0.1, 0.15) is 0 Å². The Kier molecular flexibility index (Phi) is 3.20. The number of benzene rings is 1. The third-order valence-corrected chi connectivity index (χ3v) is 4.12. The van der Waals surface area contributed by atoms with Gasteiger partial charge in [0.25, 0.3) is 0 Å². The van der Waals surface area contributed by atoms with Crippen LogP contribution in [-0.4, -0.2) is 16.9 Å². The number of nitrogens with two attached hydrogens (primary N) is 1. The summed E-state index contributed by atoms with van der Waals surface area (Å²) < 4.78 is 7.11. The second-order valence-electron chi connectivity index (χ2n) is 4.42. The van der Waals surface area contributed by atoms with Crippen molar-refractivity contribution in [2.45, 2.75) is 0 Å². The zero-order valence-electron chi connectivity index (χ0n) is 11.3. The van der Waals surface area contributed by atoms with Crippen molar-refractivity contribution in [3.8, 4) is 27.4 Å². The molecule has 3 rings (SSSR count). The predicted molar refractivity (Wildman–Crippen MR) is 82.9 cm³/mol. The van der Waals surface area contributed by atoms with E-state index in [1.807, 2.05) is 48.8 Å². The molecule has 2 aromatic heterocycles. The third kappa shape index (κ3) is 1.96. The summed E-state index contributed by atoms with van der Waals surface area (Å²) in [7, 11) is 3.52. The minimum atomic E-state index is 0.654. The number of aromatic nitrogens is 2. The van der Waals surface area contributed by atoms with Crippen LogP contribution >= 0.6 is 11.3 Å². The van der Waals surface area contributed by atoms with Crippen molar-refractivity contribution in [1.29, 1.82) is 0 Å². The maximum Gasteiger partial charge on any atom is 0.139 e. The molecule has 2 heterocycles. The first-order valence-electron chi connectivity index (χ1n) is 6.22. The van der Waals surface area contributed by atoms with Gasteiger partial charge < -0.3 is 10.5 Å². The van der Waals surface area contributed by atoms with E-state index in [9.17, 15) is 0 Å². The maximum absolute atomic E-state index is 6.20. The molecule has 0 amide bonds. The highest BCUT2D eigenvalue weighted by atomic mass is 32.1. The Hall–Kier alpha value is -2.27. The van der Waals surface area contributed by atoms with Crippen LogP contribution in [0, 0.1) is 0 Å². The second kappa shape index (κ2) is 5.02. The SMILES string of the molecule is COc1ccsc1-c1nn(C)c(N)c1-c1ccccc1. The van der Waals surface area contributed by atoms with Crippen molar-refractivity contribution in [2.75, 3.05) is 12.8 Å². The molecule has 0 saturated heterocycles. The van der Waals surface area contributed by atoms with Crippen LogP contribution in [0.5, 0.6) is 5.75 Å². The summed E-state index contributed by atoms with van der Waals surface area (Å²) in [4.78, 5) is 0.999. The summed E-state index contributed by atoms with van der Waals surface area (Å²) in [6.45, 7) is 0. The molecule has 2 N–H and O–H groups in total. The van der Waals surface area contributed by atoms with E-state index in [-0.39, 0.29) is 0 Å². The lowest BCUT2D eigenvalue weighted by Crippen LogP contribution is -1.97. The molecule has 20 heavy (non-hydrogen) atoms. The lowest BCUT2D eigenvalue weighted by molar-refractivity contribution is 0.418. The Labute approximate surface area is 121 Å². The average Bonchev–Trinajstić information content (AvgIpc) is 3.05. The lowest BCUT2D eigenvalue weighted by Gasteiger charge is -2.04. The van der Waals surface area contributed by atoms with Crippen LogP contribution in [0.15, 0.2) is 41.8 Å². The summed E-state index contributed by atoms with van der Waals surface area (Å²) in [5.74, 6) is 1.48. The molecule has 0 bridgehead atoms. The van der Waals surface area contributed by atoms with Crippen LogP contribution in [0.2, 0.25) is 0 Å². The van der Waals surface area contributed by atoms with Gasteiger partial charge in [0.05, 0.1) is 17.6 Å².